The lowest BCUT2D eigenvalue weighted by Crippen LogP contribution is -2.58. The van der Waals surface area contributed by atoms with Crippen LogP contribution in [0.4, 0.5) is 0 Å². The van der Waals surface area contributed by atoms with Crippen LogP contribution in [0.1, 0.15) is 51.4 Å². The van der Waals surface area contributed by atoms with Crippen molar-refractivity contribution >= 4 is 21.6 Å². The number of piperidine rings is 1. The summed E-state index contributed by atoms with van der Waals surface area (Å²) in [6, 6.07) is 0. The molecule has 0 aromatic heterocycles. The van der Waals surface area contributed by atoms with Crippen molar-refractivity contribution in [2.45, 2.75) is 56.9 Å². The molecule has 0 radical (unpaired) electrons. The number of nitrogens with zero attached hydrogens (tertiary/aromatic N) is 1. The summed E-state index contributed by atoms with van der Waals surface area (Å²) >= 11 is 5.48. The van der Waals surface area contributed by atoms with E-state index in [1.807, 2.05) is 0 Å². The Morgan fingerprint density at radius 3 is 2.16 bits per heavy atom. The fourth-order valence-corrected chi connectivity index (χ4v) is 4.26. The van der Waals surface area contributed by atoms with Gasteiger partial charge in [0.25, 0.3) is 0 Å². The van der Waals surface area contributed by atoms with Crippen LogP contribution in [0.2, 0.25) is 0 Å². The summed E-state index contributed by atoms with van der Waals surface area (Å²) in [5.41, 5.74) is 0.0395. The highest BCUT2D eigenvalue weighted by Gasteiger charge is 2.38. The molecule has 1 N–H and O–H groups in total. The average Bonchev–Trinajstić information content (AvgIpc) is 2.47. The number of likely N-dealkylation sites (tertiary alicyclic amines) is 1. The number of alkyl halides is 1. The van der Waals surface area contributed by atoms with Gasteiger partial charge >= 0.3 is 0 Å². The zero-order chi connectivity index (χ0) is 13.8. The first-order valence-electron chi connectivity index (χ1n) is 7.36. The Bertz CT molecular complexity index is 374. The highest BCUT2D eigenvalue weighted by atomic mass is 35.5. The van der Waals surface area contributed by atoms with Gasteiger partial charge in [0.2, 0.25) is 10.0 Å². The van der Waals surface area contributed by atoms with Gasteiger partial charge in [0, 0.05) is 12.1 Å². The predicted octanol–water partition coefficient (Wildman–Crippen LogP) is 2.29. The molecule has 1 aliphatic heterocycles. The minimum atomic E-state index is -3.31. The summed E-state index contributed by atoms with van der Waals surface area (Å²) in [6.07, 6.45) is 9.69. The van der Waals surface area contributed by atoms with Crippen molar-refractivity contribution in [3.05, 3.63) is 0 Å². The van der Waals surface area contributed by atoms with E-state index in [4.69, 9.17) is 11.6 Å². The third-order valence-corrected chi connectivity index (χ3v) is 6.31. The molecule has 19 heavy (non-hydrogen) atoms. The first-order valence-corrected chi connectivity index (χ1v) is 9.55. The first kappa shape index (κ1) is 15.5. The topological polar surface area (TPSA) is 49.4 Å². The summed E-state index contributed by atoms with van der Waals surface area (Å²) in [5.74, 6) is 0. The minimum absolute atomic E-state index is 0.0395. The van der Waals surface area contributed by atoms with Gasteiger partial charge in [-0.05, 0) is 38.8 Å². The second-order valence-electron chi connectivity index (χ2n) is 5.88. The molecule has 112 valence electrons. The Labute approximate surface area is 121 Å². The number of nitrogens with one attached hydrogen (secondary N) is 1. The normalized spacial score (nSPS) is 25.3. The lowest BCUT2D eigenvalue weighted by Gasteiger charge is -2.48. The Morgan fingerprint density at radius 1 is 1.00 bits per heavy atom. The van der Waals surface area contributed by atoms with Gasteiger partial charge in [-0.1, -0.05) is 25.7 Å². The Morgan fingerprint density at radius 2 is 1.58 bits per heavy atom. The van der Waals surface area contributed by atoms with E-state index in [2.05, 4.69) is 9.62 Å². The third kappa shape index (κ3) is 4.06. The van der Waals surface area contributed by atoms with Crippen LogP contribution in [0.5, 0.6) is 0 Å². The van der Waals surface area contributed by atoms with Crippen molar-refractivity contribution in [3.63, 3.8) is 0 Å². The second-order valence-corrected chi connectivity index (χ2v) is 8.27. The van der Waals surface area contributed by atoms with E-state index in [0.29, 0.717) is 6.54 Å². The monoisotopic (exact) mass is 308 g/mol. The van der Waals surface area contributed by atoms with Crippen LogP contribution < -0.4 is 4.72 Å². The van der Waals surface area contributed by atoms with E-state index in [9.17, 15) is 8.42 Å². The Hall–Kier alpha value is 0.160. The highest BCUT2D eigenvalue weighted by molar-refractivity contribution is 7.90. The zero-order valence-electron chi connectivity index (χ0n) is 11.5. The van der Waals surface area contributed by atoms with Crippen molar-refractivity contribution in [3.8, 4) is 0 Å². The van der Waals surface area contributed by atoms with Crippen LogP contribution in [0.3, 0.4) is 0 Å². The highest BCUT2D eigenvalue weighted by Crippen LogP contribution is 2.35. The molecule has 2 fully saturated rings. The van der Waals surface area contributed by atoms with E-state index in [1.54, 1.807) is 0 Å². The molecule has 0 spiro atoms. The molecule has 0 amide bonds. The summed E-state index contributed by atoms with van der Waals surface area (Å²) in [6.45, 7) is 2.76. The molecule has 1 heterocycles. The van der Waals surface area contributed by atoms with E-state index >= 15 is 0 Å². The number of sulfonamides is 1. The fraction of sp³-hybridized carbons (Fsp3) is 1.00. The third-order valence-electron chi connectivity index (χ3n) is 4.58. The van der Waals surface area contributed by atoms with Crippen molar-refractivity contribution in [2.24, 2.45) is 0 Å². The molecular formula is C13H25ClN2O2S. The van der Waals surface area contributed by atoms with Crippen molar-refractivity contribution in [2.75, 3.05) is 24.8 Å². The largest absolute Gasteiger partial charge is 0.296 e. The molecule has 0 unspecified atom stereocenters. The van der Waals surface area contributed by atoms with Crippen LogP contribution in [0.15, 0.2) is 0 Å². The lowest BCUT2D eigenvalue weighted by molar-refractivity contribution is 0.0376. The Balaban J connectivity index is 2.05. The fourth-order valence-electron chi connectivity index (χ4n) is 3.47. The number of halogens is 1. The number of hydrogen-bond donors (Lipinski definition) is 1. The summed E-state index contributed by atoms with van der Waals surface area (Å²) in [5, 5.41) is -0.344. The van der Waals surface area contributed by atoms with Gasteiger partial charge in [0.1, 0.15) is 5.21 Å². The van der Waals surface area contributed by atoms with Crippen LogP contribution in [-0.4, -0.2) is 43.7 Å². The van der Waals surface area contributed by atoms with Gasteiger partial charge in [-0.3, -0.25) is 4.90 Å². The van der Waals surface area contributed by atoms with Gasteiger partial charge in [0.05, 0.1) is 0 Å². The zero-order valence-corrected chi connectivity index (χ0v) is 13.1. The molecular weight excluding hydrogens is 284 g/mol. The maximum absolute atomic E-state index is 11.6. The van der Waals surface area contributed by atoms with Gasteiger partial charge < -0.3 is 0 Å². The molecule has 2 rings (SSSR count). The first-order chi connectivity index (χ1) is 9.08. The molecule has 1 saturated carbocycles. The number of hydrogen-bond acceptors (Lipinski definition) is 3. The maximum Gasteiger partial charge on any atom is 0.225 e. The lowest BCUT2D eigenvalue weighted by atomic mass is 9.79. The molecule has 0 aromatic carbocycles. The SMILES string of the molecule is O=S(=O)(CCl)NCC1(N2CCCCC2)CCCCC1. The van der Waals surface area contributed by atoms with E-state index in [0.717, 1.165) is 25.9 Å². The molecule has 2 aliphatic rings. The molecule has 0 bridgehead atoms. The van der Waals surface area contributed by atoms with Crippen molar-refractivity contribution in [1.82, 2.24) is 9.62 Å². The van der Waals surface area contributed by atoms with E-state index in [1.165, 1.54) is 38.5 Å². The second kappa shape index (κ2) is 6.74. The van der Waals surface area contributed by atoms with Gasteiger partial charge in [-0.15, -0.1) is 11.6 Å². The summed E-state index contributed by atoms with van der Waals surface area (Å²) in [7, 11) is -3.31. The van der Waals surface area contributed by atoms with Crippen molar-refractivity contribution < 1.29 is 8.42 Å². The van der Waals surface area contributed by atoms with E-state index in [-0.39, 0.29) is 10.8 Å². The summed E-state index contributed by atoms with van der Waals surface area (Å²) in [4.78, 5) is 2.53. The van der Waals surface area contributed by atoms with Gasteiger partial charge in [0.15, 0.2) is 0 Å². The quantitative estimate of drug-likeness (QED) is 0.793. The number of rotatable bonds is 5. The predicted molar refractivity (Wildman–Crippen MR) is 78.9 cm³/mol. The minimum Gasteiger partial charge on any atom is -0.296 e. The van der Waals surface area contributed by atoms with Gasteiger partial charge in [-0.25, -0.2) is 13.1 Å². The molecule has 4 nitrogen and oxygen atoms in total. The standard InChI is InChI=1S/C13H25ClN2O2S/c14-12-19(17,18)15-11-13(7-3-1-4-8-13)16-9-5-2-6-10-16/h15H,1-12H2. The summed E-state index contributed by atoms with van der Waals surface area (Å²) < 4.78 is 25.9. The molecule has 0 atom stereocenters. The van der Waals surface area contributed by atoms with Crippen molar-refractivity contribution in [1.29, 1.82) is 0 Å². The van der Waals surface area contributed by atoms with Crippen LogP contribution in [0, 0.1) is 0 Å². The molecule has 0 aromatic rings. The molecule has 6 heteroatoms. The Kier molecular flexibility index (Phi) is 5.52. The van der Waals surface area contributed by atoms with Crippen LogP contribution in [-0.2, 0) is 10.0 Å². The molecule has 1 saturated heterocycles. The van der Waals surface area contributed by atoms with E-state index < -0.39 is 10.0 Å². The van der Waals surface area contributed by atoms with Crippen LogP contribution in [0.25, 0.3) is 0 Å². The average molecular weight is 309 g/mol. The maximum atomic E-state index is 11.6. The van der Waals surface area contributed by atoms with Gasteiger partial charge in [-0.2, -0.15) is 0 Å². The van der Waals surface area contributed by atoms with Crippen LogP contribution >= 0.6 is 11.6 Å². The smallest absolute Gasteiger partial charge is 0.225 e. The molecule has 1 aliphatic carbocycles.